The van der Waals surface area contributed by atoms with Crippen molar-refractivity contribution in [1.82, 2.24) is 24.6 Å². The topological polar surface area (TPSA) is 106 Å². The van der Waals surface area contributed by atoms with Crippen LogP contribution in [0.2, 0.25) is 0 Å². The summed E-state index contributed by atoms with van der Waals surface area (Å²) in [6, 6.07) is 17.0. The zero-order valence-corrected chi connectivity index (χ0v) is 24.9. The summed E-state index contributed by atoms with van der Waals surface area (Å²) in [4.78, 5) is 25.5. The average molecular weight is 571 g/mol. The van der Waals surface area contributed by atoms with Crippen molar-refractivity contribution in [2.24, 2.45) is 7.05 Å². The highest BCUT2D eigenvalue weighted by Crippen LogP contribution is 2.43. The van der Waals surface area contributed by atoms with Crippen LogP contribution in [-0.4, -0.2) is 63.8 Å². The Balaban J connectivity index is 1.54. The zero-order chi connectivity index (χ0) is 30.2. The highest BCUT2D eigenvalue weighted by atomic mass is 16.1. The Morgan fingerprint density at radius 2 is 1.74 bits per heavy atom. The predicted molar refractivity (Wildman–Crippen MR) is 172 cm³/mol. The van der Waals surface area contributed by atoms with Gasteiger partial charge in [0.2, 0.25) is 5.91 Å². The lowest BCUT2D eigenvalue weighted by atomic mass is 9.93. The van der Waals surface area contributed by atoms with Gasteiger partial charge < -0.3 is 20.1 Å². The van der Waals surface area contributed by atoms with Gasteiger partial charge in [-0.1, -0.05) is 30.8 Å². The third-order valence-electron chi connectivity index (χ3n) is 8.41. The molecule has 9 heteroatoms. The van der Waals surface area contributed by atoms with Crippen LogP contribution in [0.1, 0.15) is 16.8 Å². The van der Waals surface area contributed by atoms with Crippen LogP contribution < -0.4 is 10.2 Å². The fourth-order valence-electron chi connectivity index (χ4n) is 5.85. The molecule has 1 aliphatic heterocycles. The van der Waals surface area contributed by atoms with Crippen LogP contribution in [0.3, 0.4) is 0 Å². The van der Waals surface area contributed by atoms with Gasteiger partial charge in [0.05, 0.1) is 11.9 Å². The largest absolute Gasteiger partial charge is 0.369 e. The number of fused-ring (bicyclic) bond motifs is 1. The van der Waals surface area contributed by atoms with E-state index in [0.29, 0.717) is 11.4 Å². The van der Waals surface area contributed by atoms with Crippen molar-refractivity contribution in [3.8, 4) is 39.6 Å². The summed E-state index contributed by atoms with van der Waals surface area (Å²) in [5, 5.41) is 18.1. The lowest BCUT2D eigenvalue weighted by molar-refractivity contribution is -0.111. The molecule has 43 heavy (non-hydrogen) atoms. The molecule has 1 fully saturated rings. The number of likely N-dealkylation sites (N-methyl/N-ethyl adjacent to an activating group) is 1. The van der Waals surface area contributed by atoms with Crippen molar-refractivity contribution >= 4 is 28.3 Å². The van der Waals surface area contributed by atoms with E-state index in [1.165, 1.54) is 11.8 Å². The Hall–Kier alpha value is -5.20. The predicted octanol–water partition coefficient (Wildman–Crippen LogP) is 5.66. The Labute approximate surface area is 251 Å². The Morgan fingerprint density at radius 3 is 2.44 bits per heavy atom. The van der Waals surface area contributed by atoms with Crippen molar-refractivity contribution in [2.75, 3.05) is 43.4 Å². The zero-order valence-electron chi connectivity index (χ0n) is 24.9. The van der Waals surface area contributed by atoms with Crippen LogP contribution in [0.5, 0.6) is 0 Å². The molecular formula is C34H34N8O. The van der Waals surface area contributed by atoms with Gasteiger partial charge in [-0.15, -0.1) is 0 Å². The number of nitrogens with one attached hydrogen (secondary N) is 2. The molecule has 6 rings (SSSR count). The van der Waals surface area contributed by atoms with Crippen LogP contribution in [0, 0.1) is 25.2 Å². The second kappa shape index (κ2) is 11.2. The third kappa shape index (κ3) is 5.07. The average Bonchev–Trinajstić information content (AvgIpc) is 3.59. The smallest absolute Gasteiger partial charge is 0.247 e. The van der Waals surface area contributed by atoms with Gasteiger partial charge in [0.25, 0.3) is 0 Å². The van der Waals surface area contributed by atoms with Crippen LogP contribution in [0.25, 0.3) is 44.5 Å². The number of H-pyrrole nitrogens is 1. The van der Waals surface area contributed by atoms with Gasteiger partial charge in [-0.3, -0.25) is 9.48 Å². The molecule has 3 aromatic heterocycles. The lowest BCUT2D eigenvalue weighted by Gasteiger charge is -2.34. The molecular weight excluding hydrogens is 536 g/mol. The maximum atomic E-state index is 12.2. The number of hydrogen-bond donors (Lipinski definition) is 2. The summed E-state index contributed by atoms with van der Waals surface area (Å²) < 4.78 is 1.58. The molecule has 0 aliphatic carbocycles. The van der Waals surface area contributed by atoms with Gasteiger partial charge in [0.15, 0.2) is 0 Å². The summed E-state index contributed by atoms with van der Waals surface area (Å²) in [5.41, 5.74) is 10.5. The second-order valence-corrected chi connectivity index (χ2v) is 11.1. The molecule has 216 valence electrons. The molecule has 0 radical (unpaired) electrons. The Bertz CT molecular complexity index is 1900. The van der Waals surface area contributed by atoms with Crippen LogP contribution in [0.15, 0.2) is 67.5 Å². The van der Waals surface area contributed by atoms with Gasteiger partial charge in [-0.25, -0.2) is 4.98 Å². The second-order valence-electron chi connectivity index (χ2n) is 11.1. The van der Waals surface area contributed by atoms with Crippen molar-refractivity contribution in [3.05, 3.63) is 84.3 Å². The number of hydrogen-bond acceptors (Lipinski definition) is 6. The summed E-state index contributed by atoms with van der Waals surface area (Å²) in [7, 11) is 3.93. The third-order valence-corrected chi connectivity index (χ3v) is 8.41. The van der Waals surface area contributed by atoms with Crippen molar-refractivity contribution < 1.29 is 4.79 Å². The maximum absolute atomic E-state index is 12.2. The Kier molecular flexibility index (Phi) is 7.30. The highest BCUT2D eigenvalue weighted by Gasteiger charge is 2.23. The SMILES string of the molecule is C=CC(=O)Nc1cc(-c2c(-c3ccc(N4CCN(C)CC4)cc3)[nH]c3ncc(-c4cnn(C)c4C#N)c(C)c23)ccc1C. The molecule has 0 bridgehead atoms. The summed E-state index contributed by atoms with van der Waals surface area (Å²) >= 11 is 0. The molecule has 1 amide bonds. The van der Waals surface area contributed by atoms with Gasteiger partial charge >= 0.3 is 0 Å². The molecule has 0 spiro atoms. The maximum Gasteiger partial charge on any atom is 0.247 e. The molecule has 9 nitrogen and oxygen atoms in total. The molecule has 2 N–H and O–H groups in total. The molecule has 5 aromatic rings. The standard InChI is InChI=1S/C34H34N8O/c1-6-30(43)38-28-17-24(8-7-21(28)2)32-31-22(3)26(27-20-37-41(5)29(27)18-35)19-36-34(31)39-33(32)23-9-11-25(12-10-23)42-15-13-40(4)14-16-42/h6-12,17,19-20H,1,13-16H2,2-5H3,(H,36,39)(H,38,43). The van der Waals surface area contributed by atoms with E-state index in [4.69, 9.17) is 4.98 Å². The lowest BCUT2D eigenvalue weighted by Crippen LogP contribution is -2.44. The number of nitriles is 1. The molecule has 2 aromatic carbocycles. The summed E-state index contributed by atoms with van der Waals surface area (Å²) in [5.74, 6) is -0.264. The highest BCUT2D eigenvalue weighted by molar-refractivity contribution is 6.07. The van der Waals surface area contributed by atoms with Crippen molar-refractivity contribution in [1.29, 1.82) is 5.26 Å². The number of amides is 1. The van der Waals surface area contributed by atoms with Crippen molar-refractivity contribution in [3.63, 3.8) is 0 Å². The van der Waals surface area contributed by atoms with Gasteiger partial charge in [0.1, 0.15) is 17.4 Å². The monoisotopic (exact) mass is 570 g/mol. The van der Waals surface area contributed by atoms with E-state index in [-0.39, 0.29) is 5.91 Å². The molecule has 0 saturated carbocycles. The number of benzene rings is 2. The summed E-state index contributed by atoms with van der Waals surface area (Å²) in [6.45, 7) is 11.7. The number of aromatic amines is 1. The van der Waals surface area contributed by atoms with Gasteiger partial charge in [-0.05, 0) is 67.4 Å². The van der Waals surface area contributed by atoms with E-state index in [2.05, 4.69) is 82.2 Å². The molecule has 0 unspecified atom stereocenters. The summed E-state index contributed by atoms with van der Waals surface area (Å²) in [6.07, 6.45) is 4.79. The number of pyridine rings is 1. The first kappa shape index (κ1) is 27.9. The first-order valence-corrected chi connectivity index (χ1v) is 14.3. The Morgan fingerprint density at radius 1 is 1.02 bits per heavy atom. The number of rotatable bonds is 6. The fourth-order valence-corrected chi connectivity index (χ4v) is 5.85. The number of nitrogens with zero attached hydrogens (tertiary/aromatic N) is 6. The van der Waals surface area contributed by atoms with Crippen molar-refractivity contribution in [2.45, 2.75) is 13.8 Å². The first-order valence-electron chi connectivity index (χ1n) is 14.3. The number of aromatic nitrogens is 4. The minimum absolute atomic E-state index is 0.264. The minimum atomic E-state index is -0.264. The fraction of sp³-hybridized carbons (Fsp3) is 0.235. The van der Waals surface area contributed by atoms with E-state index < -0.39 is 0 Å². The van der Waals surface area contributed by atoms with Crippen LogP contribution in [0.4, 0.5) is 11.4 Å². The normalized spacial score (nSPS) is 13.7. The number of aryl methyl sites for hydroxylation is 3. The number of carbonyl (C=O) groups excluding carboxylic acids is 1. The number of anilines is 2. The molecule has 1 aliphatic rings. The van der Waals surface area contributed by atoms with Crippen LogP contribution in [-0.2, 0) is 11.8 Å². The van der Waals surface area contributed by atoms with Gasteiger partial charge in [-0.2, -0.15) is 10.4 Å². The van der Waals surface area contributed by atoms with E-state index in [1.54, 1.807) is 24.1 Å². The molecule has 4 heterocycles. The minimum Gasteiger partial charge on any atom is -0.369 e. The van der Waals surface area contributed by atoms with Gasteiger partial charge in [0, 0.05) is 72.9 Å². The van der Waals surface area contributed by atoms with E-state index in [9.17, 15) is 10.1 Å². The van der Waals surface area contributed by atoms with E-state index >= 15 is 0 Å². The molecule has 0 atom stereocenters. The first-order chi connectivity index (χ1) is 20.8. The quantitative estimate of drug-likeness (QED) is 0.255. The number of piperazine rings is 1. The van der Waals surface area contributed by atoms with E-state index in [0.717, 1.165) is 81.9 Å². The van der Waals surface area contributed by atoms with E-state index in [1.807, 2.05) is 19.1 Å². The number of carbonyl (C=O) groups is 1. The van der Waals surface area contributed by atoms with Crippen LogP contribution >= 0.6 is 0 Å². The molecule has 1 saturated heterocycles.